The van der Waals surface area contributed by atoms with Crippen molar-refractivity contribution in [3.8, 4) is 5.69 Å². The van der Waals surface area contributed by atoms with Crippen LogP contribution in [0.3, 0.4) is 0 Å². The highest BCUT2D eigenvalue weighted by Gasteiger charge is 2.67. The fourth-order valence-electron chi connectivity index (χ4n) is 6.10. The Morgan fingerprint density at radius 2 is 1.67 bits per heavy atom. The highest BCUT2D eigenvalue weighted by atomic mass is 127. The third-order valence-corrected chi connectivity index (χ3v) is 8.43. The van der Waals surface area contributed by atoms with Crippen LogP contribution in [0.1, 0.15) is 23.4 Å². The van der Waals surface area contributed by atoms with E-state index in [1.807, 2.05) is 19.1 Å². The van der Waals surface area contributed by atoms with E-state index in [1.165, 1.54) is 6.42 Å². The third-order valence-electron chi connectivity index (χ3n) is 7.52. The largest absolute Gasteiger partial charge is 0.317 e. The van der Waals surface area contributed by atoms with E-state index in [2.05, 4.69) is 69.5 Å². The minimum atomic E-state index is -0.202. The van der Waals surface area contributed by atoms with Crippen LogP contribution in [-0.4, -0.2) is 27.6 Å². The molecule has 152 valence electrons. The predicted molar refractivity (Wildman–Crippen MR) is 122 cm³/mol. The molecule has 7 rings (SSSR count). The Labute approximate surface area is 189 Å². The fraction of sp³-hybridized carbons (Fsp3) is 0.375. The highest BCUT2D eigenvalue weighted by molar-refractivity contribution is 14.1. The number of benzene rings is 1. The molecule has 2 heterocycles. The molecule has 2 saturated carbocycles. The molecule has 4 aliphatic carbocycles. The summed E-state index contributed by atoms with van der Waals surface area (Å²) in [6.07, 6.45) is 7.22. The molecule has 0 N–H and O–H groups in total. The van der Waals surface area contributed by atoms with Crippen molar-refractivity contribution in [1.82, 2.24) is 9.58 Å². The second kappa shape index (κ2) is 6.39. The monoisotopic (exact) mass is 511 g/mol. The lowest BCUT2D eigenvalue weighted by Gasteiger charge is -2.37. The quantitative estimate of drug-likeness (QED) is 0.270. The zero-order valence-electron chi connectivity index (χ0n) is 16.8. The number of aromatic nitrogens is 1. The van der Waals surface area contributed by atoms with Crippen LogP contribution in [0.15, 0.2) is 47.6 Å². The summed E-state index contributed by atoms with van der Waals surface area (Å²) in [5.74, 6) is 1.04. The maximum atomic E-state index is 13.1. The zero-order chi connectivity index (χ0) is 20.7. The highest BCUT2D eigenvalue weighted by Crippen LogP contribution is 2.65. The Kier molecular flexibility index (Phi) is 3.95. The van der Waals surface area contributed by atoms with Gasteiger partial charge >= 0.3 is 0 Å². The van der Waals surface area contributed by atoms with Gasteiger partial charge in [-0.05, 0) is 84.7 Å². The molecular formula is C24H22IN3O2. The van der Waals surface area contributed by atoms with Crippen molar-refractivity contribution < 1.29 is 9.59 Å². The molecule has 1 aromatic carbocycles. The Bertz CT molecular complexity index is 1130. The second-order valence-electron chi connectivity index (χ2n) is 9.00. The lowest BCUT2D eigenvalue weighted by Crippen LogP contribution is -2.40. The van der Waals surface area contributed by atoms with Crippen LogP contribution in [0.4, 0.5) is 0 Å². The first-order valence-electron chi connectivity index (χ1n) is 10.5. The van der Waals surface area contributed by atoms with Gasteiger partial charge in [0.15, 0.2) is 0 Å². The van der Waals surface area contributed by atoms with Crippen molar-refractivity contribution in [2.45, 2.75) is 20.3 Å². The van der Waals surface area contributed by atoms with Gasteiger partial charge in [-0.15, -0.1) is 0 Å². The number of hydrazone groups is 1. The van der Waals surface area contributed by atoms with E-state index in [-0.39, 0.29) is 35.5 Å². The van der Waals surface area contributed by atoms with Gasteiger partial charge in [-0.2, -0.15) is 10.1 Å². The van der Waals surface area contributed by atoms with E-state index in [0.29, 0.717) is 11.8 Å². The average molecular weight is 511 g/mol. The van der Waals surface area contributed by atoms with Crippen LogP contribution < -0.4 is 0 Å². The van der Waals surface area contributed by atoms with Crippen LogP contribution in [-0.2, 0) is 9.59 Å². The SMILES string of the molecule is Cc1cc(/C=N\N2C(=O)[C@@H]3[C@H]4C=C[C@@H]([C@@H]5C[C@H]45)[C@H]3C2=O)c(C)n1-c1ccccc1I. The van der Waals surface area contributed by atoms with E-state index in [4.69, 9.17) is 0 Å². The summed E-state index contributed by atoms with van der Waals surface area (Å²) in [6.45, 7) is 4.10. The van der Waals surface area contributed by atoms with Crippen molar-refractivity contribution in [3.63, 3.8) is 0 Å². The van der Waals surface area contributed by atoms with Gasteiger partial charge in [-0.1, -0.05) is 24.3 Å². The van der Waals surface area contributed by atoms with Crippen molar-refractivity contribution in [2.24, 2.45) is 40.6 Å². The summed E-state index contributed by atoms with van der Waals surface area (Å²) in [5, 5.41) is 5.57. The van der Waals surface area contributed by atoms with Gasteiger partial charge in [-0.3, -0.25) is 9.59 Å². The van der Waals surface area contributed by atoms with Crippen LogP contribution in [0.5, 0.6) is 0 Å². The maximum absolute atomic E-state index is 13.1. The average Bonchev–Trinajstić information content (AvgIpc) is 3.46. The molecule has 2 aromatic rings. The molecule has 0 radical (unpaired) electrons. The predicted octanol–water partition coefficient (Wildman–Crippen LogP) is 4.09. The molecule has 6 heteroatoms. The molecule has 1 aliphatic heterocycles. The number of amides is 2. The first kappa shape index (κ1) is 18.5. The van der Waals surface area contributed by atoms with Crippen molar-refractivity contribution >= 4 is 40.6 Å². The van der Waals surface area contributed by atoms with Gasteiger partial charge in [0.05, 0.1) is 23.7 Å². The van der Waals surface area contributed by atoms with Crippen LogP contribution in [0, 0.1) is 52.9 Å². The van der Waals surface area contributed by atoms with E-state index >= 15 is 0 Å². The number of imide groups is 1. The molecule has 6 atom stereocenters. The molecule has 30 heavy (non-hydrogen) atoms. The number of allylic oxidation sites excluding steroid dienone is 2. The van der Waals surface area contributed by atoms with E-state index < -0.39 is 0 Å². The molecule has 5 aliphatic rings. The number of para-hydroxylation sites is 1. The van der Waals surface area contributed by atoms with E-state index in [1.54, 1.807) is 6.21 Å². The third kappa shape index (κ3) is 2.43. The summed E-state index contributed by atoms with van der Waals surface area (Å²) in [4.78, 5) is 26.2. The van der Waals surface area contributed by atoms with Gasteiger partial charge in [-0.25, -0.2) is 0 Å². The van der Waals surface area contributed by atoms with Gasteiger partial charge < -0.3 is 4.57 Å². The first-order chi connectivity index (χ1) is 14.5. The first-order valence-corrected chi connectivity index (χ1v) is 11.6. The number of carbonyl (C=O) groups excluding carboxylic acids is 2. The standard InChI is InChI=1S/C24H22IN3O2/c1-12-9-14(13(2)27(12)20-6-4-3-5-19(20)25)11-26-28-23(29)21-15-7-8-16(18-10-17(15)18)22(21)24(28)30/h3-9,11,15-18,21-22H,10H2,1-2H3/b26-11-/t15-,16-,17-,18+,21+,22+/m0/s1. The Morgan fingerprint density at radius 3 is 2.30 bits per heavy atom. The molecule has 0 unspecified atom stereocenters. The summed E-state index contributed by atoms with van der Waals surface area (Å²) in [5.41, 5.74) is 4.17. The van der Waals surface area contributed by atoms with Crippen LogP contribution >= 0.6 is 22.6 Å². The van der Waals surface area contributed by atoms with E-state index in [0.717, 1.165) is 31.2 Å². The van der Waals surface area contributed by atoms with Crippen LogP contribution in [0.25, 0.3) is 5.69 Å². The number of aryl methyl sites for hydroxylation is 1. The van der Waals surface area contributed by atoms with Crippen molar-refractivity contribution in [3.05, 3.63) is 63.0 Å². The van der Waals surface area contributed by atoms with Crippen molar-refractivity contribution in [2.75, 3.05) is 0 Å². The van der Waals surface area contributed by atoms with Gasteiger partial charge in [0.2, 0.25) is 0 Å². The normalized spacial score (nSPS) is 33.5. The smallest absolute Gasteiger partial charge is 0.254 e. The molecule has 0 spiro atoms. The number of hydrogen-bond donors (Lipinski definition) is 0. The minimum Gasteiger partial charge on any atom is -0.317 e. The van der Waals surface area contributed by atoms with Gasteiger partial charge in [0.1, 0.15) is 0 Å². The fourth-order valence-corrected chi connectivity index (χ4v) is 6.73. The van der Waals surface area contributed by atoms with Gasteiger partial charge in [0, 0.05) is 20.5 Å². The Balaban J connectivity index is 1.32. The molecule has 3 fully saturated rings. The molecular weight excluding hydrogens is 489 g/mol. The Morgan fingerprint density at radius 1 is 1.03 bits per heavy atom. The topological polar surface area (TPSA) is 54.7 Å². The molecule has 1 saturated heterocycles. The zero-order valence-corrected chi connectivity index (χ0v) is 19.0. The summed E-state index contributed by atoms with van der Waals surface area (Å²) in [7, 11) is 0. The van der Waals surface area contributed by atoms with Crippen molar-refractivity contribution in [1.29, 1.82) is 0 Å². The number of nitrogens with zero attached hydrogens (tertiary/aromatic N) is 3. The van der Waals surface area contributed by atoms with E-state index in [9.17, 15) is 9.59 Å². The number of rotatable bonds is 3. The number of hydrogen-bond acceptors (Lipinski definition) is 3. The Hall–Kier alpha value is -2.22. The number of carbonyl (C=O) groups is 2. The lowest BCUT2D eigenvalue weighted by molar-refractivity contribution is -0.140. The number of halogens is 1. The lowest BCUT2D eigenvalue weighted by atomic mass is 9.63. The maximum Gasteiger partial charge on any atom is 0.254 e. The summed E-state index contributed by atoms with van der Waals surface area (Å²) in [6, 6.07) is 10.3. The molecule has 5 nitrogen and oxygen atoms in total. The summed E-state index contributed by atoms with van der Waals surface area (Å²) >= 11 is 2.34. The van der Waals surface area contributed by atoms with Gasteiger partial charge in [0.25, 0.3) is 11.8 Å². The minimum absolute atomic E-state index is 0.114. The summed E-state index contributed by atoms with van der Waals surface area (Å²) < 4.78 is 3.35. The second-order valence-corrected chi connectivity index (χ2v) is 10.2. The molecule has 2 amide bonds. The van der Waals surface area contributed by atoms with Crippen LogP contribution in [0.2, 0.25) is 0 Å². The molecule has 2 bridgehead atoms. The molecule has 1 aromatic heterocycles.